The van der Waals surface area contributed by atoms with Crippen LogP contribution >= 0.6 is 15.9 Å². The van der Waals surface area contributed by atoms with Crippen molar-refractivity contribution < 1.29 is 27.2 Å². The van der Waals surface area contributed by atoms with Gasteiger partial charge in [-0.25, -0.2) is 0 Å². The van der Waals surface area contributed by atoms with Crippen molar-refractivity contribution in [2.45, 2.75) is 6.36 Å². The molecule has 4 nitrogen and oxygen atoms in total. The Hall–Kier alpha value is -1.38. The van der Waals surface area contributed by atoms with Gasteiger partial charge in [-0.2, -0.15) is 4.39 Å². The molecule has 0 aliphatic rings. The Labute approximate surface area is 94.1 Å². The molecule has 88 valence electrons. The van der Waals surface area contributed by atoms with E-state index in [1.807, 2.05) is 0 Å². The molecule has 9 heteroatoms. The summed E-state index contributed by atoms with van der Waals surface area (Å²) in [7, 11) is 0. The second kappa shape index (κ2) is 4.24. The molecule has 0 heterocycles. The smallest absolute Gasteiger partial charge is 0.402 e. The van der Waals surface area contributed by atoms with Crippen LogP contribution in [0.15, 0.2) is 16.6 Å². The highest BCUT2D eigenvalue weighted by Gasteiger charge is 2.34. The molecule has 0 atom stereocenters. The molecule has 0 aliphatic heterocycles. The second-order valence-corrected chi connectivity index (χ2v) is 3.46. The molecule has 0 amide bonds. The first-order chi connectivity index (χ1) is 7.20. The van der Waals surface area contributed by atoms with E-state index >= 15 is 0 Å². The third-order valence-corrected chi connectivity index (χ3v) is 1.87. The number of rotatable bonds is 2. The third kappa shape index (κ3) is 3.05. The van der Waals surface area contributed by atoms with Crippen molar-refractivity contribution in [3.63, 3.8) is 0 Å². The van der Waals surface area contributed by atoms with Gasteiger partial charge in [-0.3, -0.25) is 10.1 Å². The first-order valence-electron chi connectivity index (χ1n) is 3.60. The Kier molecular flexibility index (Phi) is 3.36. The molecule has 0 fully saturated rings. The molecular weight excluding hydrogens is 302 g/mol. The highest BCUT2D eigenvalue weighted by molar-refractivity contribution is 9.10. The minimum Gasteiger partial charge on any atom is -0.402 e. The zero-order valence-electron chi connectivity index (χ0n) is 7.22. The van der Waals surface area contributed by atoms with Crippen LogP contribution in [0.3, 0.4) is 0 Å². The fourth-order valence-corrected chi connectivity index (χ4v) is 1.31. The van der Waals surface area contributed by atoms with E-state index in [0.29, 0.717) is 6.07 Å². The Balaban J connectivity index is 3.25. The molecule has 0 radical (unpaired) electrons. The summed E-state index contributed by atoms with van der Waals surface area (Å²) >= 11 is 2.70. The van der Waals surface area contributed by atoms with Crippen molar-refractivity contribution in [2.75, 3.05) is 0 Å². The number of benzene rings is 1. The van der Waals surface area contributed by atoms with E-state index in [-0.39, 0.29) is 4.47 Å². The van der Waals surface area contributed by atoms with E-state index < -0.39 is 28.5 Å². The molecule has 0 aliphatic carbocycles. The van der Waals surface area contributed by atoms with Gasteiger partial charge in [0.1, 0.15) is 0 Å². The quantitative estimate of drug-likeness (QED) is 0.478. The van der Waals surface area contributed by atoms with E-state index in [1.165, 1.54) is 0 Å². The van der Waals surface area contributed by atoms with Crippen LogP contribution in [0, 0.1) is 15.9 Å². The molecule has 1 aromatic carbocycles. The van der Waals surface area contributed by atoms with Gasteiger partial charge >= 0.3 is 12.0 Å². The SMILES string of the molecule is O=[N+]([O-])c1cc(Br)cc(OC(F)(F)F)c1F. The molecule has 0 saturated heterocycles. The van der Waals surface area contributed by atoms with Crippen molar-refractivity contribution >= 4 is 21.6 Å². The zero-order valence-corrected chi connectivity index (χ0v) is 8.80. The summed E-state index contributed by atoms with van der Waals surface area (Å²) in [5.74, 6) is -2.93. The fourth-order valence-electron chi connectivity index (χ4n) is 0.882. The number of nitro benzene ring substituents is 1. The number of ether oxygens (including phenoxy) is 1. The van der Waals surface area contributed by atoms with Gasteiger partial charge in [-0.05, 0) is 6.07 Å². The highest BCUT2D eigenvalue weighted by atomic mass is 79.9. The average Bonchev–Trinajstić information content (AvgIpc) is 2.07. The van der Waals surface area contributed by atoms with Crippen LogP contribution in [0.1, 0.15) is 0 Å². The predicted molar refractivity (Wildman–Crippen MR) is 47.4 cm³/mol. The Morgan fingerprint density at radius 2 is 1.94 bits per heavy atom. The first kappa shape index (κ1) is 12.7. The minimum absolute atomic E-state index is 0.0974. The third-order valence-electron chi connectivity index (χ3n) is 1.41. The standard InChI is InChI=1S/C7H2BrF4NO3/c8-3-1-4(13(14)15)6(9)5(2-3)16-7(10,11)12/h1-2H. The number of alkyl halides is 3. The largest absolute Gasteiger partial charge is 0.573 e. The summed E-state index contributed by atoms with van der Waals surface area (Å²) in [6.07, 6.45) is -5.12. The van der Waals surface area contributed by atoms with E-state index in [0.717, 1.165) is 6.07 Å². The van der Waals surface area contributed by atoms with Crippen molar-refractivity contribution in [1.29, 1.82) is 0 Å². The van der Waals surface area contributed by atoms with Gasteiger partial charge in [0.05, 0.1) is 4.92 Å². The predicted octanol–water partition coefficient (Wildman–Crippen LogP) is 3.39. The van der Waals surface area contributed by atoms with Gasteiger partial charge in [-0.1, -0.05) is 15.9 Å². The van der Waals surface area contributed by atoms with Gasteiger partial charge in [0.2, 0.25) is 5.82 Å². The maximum absolute atomic E-state index is 13.1. The normalized spacial score (nSPS) is 11.3. The highest BCUT2D eigenvalue weighted by Crippen LogP contribution is 2.34. The maximum atomic E-state index is 13.1. The van der Waals surface area contributed by atoms with E-state index in [1.54, 1.807) is 0 Å². The average molecular weight is 304 g/mol. The maximum Gasteiger partial charge on any atom is 0.573 e. The number of nitrogens with zero attached hydrogens (tertiary/aromatic N) is 1. The lowest BCUT2D eigenvalue weighted by atomic mass is 10.3. The van der Waals surface area contributed by atoms with Gasteiger partial charge in [0, 0.05) is 10.5 Å². The van der Waals surface area contributed by atoms with Gasteiger partial charge in [0.15, 0.2) is 5.75 Å². The summed E-state index contributed by atoms with van der Waals surface area (Å²) in [4.78, 5) is 9.15. The summed E-state index contributed by atoms with van der Waals surface area (Å²) < 4.78 is 51.8. The van der Waals surface area contributed by atoms with Gasteiger partial charge in [-0.15, -0.1) is 13.2 Å². The van der Waals surface area contributed by atoms with Crippen LogP contribution in [0.25, 0.3) is 0 Å². The monoisotopic (exact) mass is 303 g/mol. The Morgan fingerprint density at radius 1 is 1.38 bits per heavy atom. The molecule has 0 bridgehead atoms. The van der Waals surface area contributed by atoms with Crippen molar-refractivity contribution in [2.24, 2.45) is 0 Å². The molecule has 0 spiro atoms. The summed E-state index contributed by atoms with van der Waals surface area (Å²) in [5, 5.41) is 10.3. The van der Waals surface area contributed by atoms with Crippen LogP contribution in [-0.2, 0) is 0 Å². The molecule has 0 aromatic heterocycles. The molecule has 1 aromatic rings. The second-order valence-electron chi connectivity index (χ2n) is 2.54. The Bertz CT molecular complexity index is 434. The fraction of sp³-hybridized carbons (Fsp3) is 0.143. The summed E-state index contributed by atoms with van der Waals surface area (Å²) in [5.41, 5.74) is -1.10. The van der Waals surface area contributed by atoms with Crippen LogP contribution in [0.2, 0.25) is 0 Å². The van der Waals surface area contributed by atoms with Crippen LogP contribution < -0.4 is 4.74 Å². The lowest BCUT2D eigenvalue weighted by Gasteiger charge is -2.09. The van der Waals surface area contributed by atoms with E-state index in [2.05, 4.69) is 20.7 Å². The van der Waals surface area contributed by atoms with E-state index in [4.69, 9.17) is 0 Å². The minimum atomic E-state index is -5.12. The molecule has 1 rings (SSSR count). The molecule has 16 heavy (non-hydrogen) atoms. The van der Waals surface area contributed by atoms with Crippen LogP contribution in [0.4, 0.5) is 23.2 Å². The molecular formula is C7H2BrF4NO3. The first-order valence-corrected chi connectivity index (χ1v) is 4.39. The zero-order chi connectivity index (χ0) is 12.5. The number of nitro groups is 1. The van der Waals surface area contributed by atoms with Crippen LogP contribution in [0.5, 0.6) is 5.75 Å². The lowest BCUT2D eigenvalue weighted by Crippen LogP contribution is -2.18. The molecule has 0 N–H and O–H groups in total. The van der Waals surface area contributed by atoms with Gasteiger partial charge in [0.25, 0.3) is 0 Å². The number of halogens is 5. The summed E-state index contributed by atoms with van der Waals surface area (Å²) in [6, 6.07) is 1.38. The molecule has 0 unspecified atom stereocenters. The number of hydrogen-bond donors (Lipinski definition) is 0. The van der Waals surface area contributed by atoms with Crippen molar-refractivity contribution in [3.8, 4) is 5.75 Å². The van der Waals surface area contributed by atoms with E-state index in [9.17, 15) is 27.7 Å². The lowest BCUT2D eigenvalue weighted by molar-refractivity contribution is -0.387. The Morgan fingerprint density at radius 3 is 2.38 bits per heavy atom. The van der Waals surface area contributed by atoms with Crippen molar-refractivity contribution in [1.82, 2.24) is 0 Å². The summed E-state index contributed by atoms with van der Waals surface area (Å²) in [6.45, 7) is 0. The van der Waals surface area contributed by atoms with Crippen molar-refractivity contribution in [3.05, 3.63) is 32.5 Å². The number of hydrogen-bond acceptors (Lipinski definition) is 3. The van der Waals surface area contributed by atoms with Crippen LogP contribution in [-0.4, -0.2) is 11.3 Å². The molecule has 0 saturated carbocycles. The topological polar surface area (TPSA) is 52.4 Å². The van der Waals surface area contributed by atoms with Gasteiger partial charge < -0.3 is 4.74 Å².